The van der Waals surface area contributed by atoms with Crippen LogP contribution in [0.3, 0.4) is 0 Å². The lowest BCUT2D eigenvalue weighted by Crippen LogP contribution is -2.20. The molecule has 0 bridgehead atoms. The summed E-state index contributed by atoms with van der Waals surface area (Å²) in [5.74, 6) is 1.36. The third-order valence-corrected chi connectivity index (χ3v) is 5.83. The number of hydrogen-bond acceptors (Lipinski definition) is 4. The van der Waals surface area contributed by atoms with Crippen molar-refractivity contribution >= 4 is 27.5 Å². The fourth-order valence-electron chi connectivity index (χ4n) is 3.53. The van der Waals surface area contributed by atoms with Gasteiger partial charge in [0.15, 0.2) is 4.80 Å². The summed E-state index contributed by atoms with van der Waals surface area (Å²) in [4.78, 5) is 17.7. The van der Waals surface area contributed by atoms with Gasteiger partial charge in [0.2, 0.25) is 5.91 Å². The van der Waals surface area contributed by atoms with Crippen molar-refractivity contribution in [1.82, 2.24) is 4.57 Å². The Hall–Kier alpha value is -1.66. The first-order valence-corrected chi connectivity index (χ1v) is 10.4. The molecule has 1 aliphatic rings. The minimum atomic E-state index is -0.00125. The molecule has 2 aromatic rings. The average molecular weight is 377 g/mol. The highest BCUT2D eigenvalue weighted by Crippen LogP contribution is 2.28. The molecule has 1 fully saturated rings. The fourth-order valence-corrected chi connectivity index (χ4v) is 4.63. The van der Waals surface area contributed by atoms with Crippen LogP contribution in [0.1, 0.15) is 46.0 Å². The molecule has 0 radical (unpaired) electrons. The Kier molecular flexibility index (Phi) is 6.86. The summed E-state index contributed by atoms with van der Waals surface area (Å²) in [5, 5.41) is 0. The van der Waals surface area contributed by atoms with Crippen molar-refractivity contribution in [2.45, 2.75) is 52.5 Å². The number of carbonyl (C=O) groups excluding carboxylic acids is 1. The van der Waals surface area contributed by atoms with E-state index in [0.29, 0.717) is 38.7 Å². The monoisotopic (exact) mass is 376 g/mol. The molecule has 0 saturated heterocycles. The Balaban J connectivity index is 1.90. The highest BCUT2D eigenvalue weighted by Gasteiger charge is 2.18. The second kappa shape index (κ2) is 9.33. The molecular formula is C20H28N2O3S. The normalized spacial score (nSPS) is 15.8. The third kappa shape index (κ3) is 4.74. The lowest BCUT2D eigenvalue weighted by atomic mass is 10.0. The molecule has 1 aromatic carbocycles. The Labute approximate surface area is 158 Å². The molecule has 142 valence electrons. The lowest BCUT2D eigenvalue weighted by Gasteiger charge is -2.07. The van der Waals surface area contributed by atoms with Gasteiger partial charge >= 0.3 is 0 Å². The largest absolute Gasteiger partial charge is 0.494 e. The fraction of sp³-hybridized carbons (Fsp3) is 0.600. The Morgan fingerprint density at radius 3 is 2.81 bits per heavy atom. The van der Waals surface area contributed by atoms with E-state index in [1.807, 2.05) is 32.0 Å². The predicted octanol–water partition coefficient (Wildman–Crippen LogP) is 4.15. The number of carbonyl (C=O) groups is 1. The Morgan fingerprint density at radius 1 is 1.27 bits per heavy atom. The minimum Gasteiger partial charge on any atom is -0.494 e. The summed E-state index contributed by atoms with van der Waals surface area (Å²) in [6.07, 6.45) is 5.39. The van der Waals surface area contributed by atoms with Gasteiger partial charge in [-0.1, -0.05) is 24.2 Å². The van der Waals surface area contributed by atoms with E-state index in [9.17, 15) is 4.79 Å². The summed E-state index contributed by atoms with van der Waals surface area (Å²) in [7, 11) is 0. The van der Waals surface area contributed by atoms with Crippen molar-refractivity contribution in [3.05, 3.63) is 23.0 Å². The van der Waals surface area contributed by atoms with Gasteiger partial charge in [-0.2, -0.15) is 4.99 Å². The molecule has 0 N–H and O–H groups in total. The van der Waals surface area contributed by atoms with E-state index in [1.54, 1.807) is 11.3 Å². The van der Waals surface area contributed by atoms with Crippen molar-refractivity contribution in [2.75, 3.05) is 19.8 Å². The molecule has 1 aromatic heterocycles. The van der Waals surface area contributed by atoms with Crippen LogP contribution in [0.25, 0.3) is 10.2 Å². The maximum Gasteiger partial charge on any atom is 0.248 e. The number of thiazole rings is 1. The third-order valence-electron chi connectivity index (χ3n) is 4.79. The maximum absolute atomic E-state index is 12.5. The van der Waals surface area contributed by atoms with Crippen molar-refractivity contribution in [3.63, 3.8) is 0 Å². The first-order valence-electron chi connectivity index (χ1n) is 9.62. The van der Waals surface area contributed by atoms with Gasteiger partial charge in [-0.3, -0.25) is 4.79 Å². The quantitative estimate of drug-likeness (QED) is 0.651. The lowest BCUT2D eigenvalue weighted by molar-refractivity contribution is -0.118. The number of nitrogens with zero attached hydrogens (tertiary/aromatic N) is 2. The molecule has 1 aliphatic carbocycles. The van der Waals surface area contributed by atoms with Crippen molar-refractivity contribution < 1.29 is 14.3 Å². The van der Waals surface area contributed by atoms with Crippen LogP contribution in [0.5, 0.6) is 5.75 Å². The summed E-state index contributed by atoms with van der Waals surface area (Å²) in [6, 6.07) is 6.05. The van der Waals surface area contributed by atoms with Crippen LogP contribution in [0.2, 0.25) is 0 Å². The molecule has 6 heteroatoms. The standard InChI is InChI=1S/C20H28N2O3S/c1-3-24-12-11-22-17-10-9-16(25-4-2)14-18(17)26-20(22)21-19(23)13-15-7-5-6-8-15/h9-10,14-15H,3-8,11-13H2,1-2H3. The Bertz CT molecular complexity index is 803. The zero-order chi connectivity index (χ0) is 18.4. The molecule has 5 nitrogen and oxygen atoms in total. The van der Waals surface area contributed by atoms with Gasteiger partial charge < -0.3 is 14.0 Å². The topological polar surface area (TPSA) is 52.8 Å². The first kappa shape index (κ1) is 19.1. The highest BCUT2D eigenvalue weighted by atomic mass is 32.1. The first-order chi connectivity index (χ1) is 12.7. The molecule has 3 rings (SSSR count). The molecule has 1 amide bonds. The second-order valence-electron chi connectivity index (χ2n) is 6.66. The van der Waals surface area contributed by atoms with Crippen LogP contribution < -0.4 is 9.54 Å². The molecule has 0 spiro atoms. The van der Waals surface area contributed by atoms with E-state index >= 15 is 0 Å². The van der Waals surface area contributed by atoms with Crippen LogP contribution in [0, 0.1) is 5.92 Å². The van der Waals surface area contributed by atoms with E-state index in [-0.39, 0.29) is 5.91 Å². The predicted molar refractivity (Wildman–Crippen MR) is 105 cm³/mol. The maximum atomic E-state index is 12.5. The van der Waals surface area contributed by atoms with Crippen molar-refractivity contribution in [3.8, 4) is 5.75 Å². The van der Waals surface area contributed by atoms with Crippen LogP contribution in [-0.2, 0) is 16.1 Å². The average Bonchev–Trinajstić information content (AvgIpc) is 3.23. The molecule has 1 saturated carbocycles. The molecule has 0 unspecified atom stereocenters. The number of hydrogen-bond donors (Lipinski definition) is 0. The van der Waals surface area contributed by atoms with Crippen LogP contribution in [0.15, 0.2) is 23.2 Å². The molecule has 1 heterocycles. The number of fused-ring (bicyclic) bond motifs is 1. The van der Waals surface area contributed by atoms with Gasteiger partial charge in [0, 0.05) is 19.6 Å². The zero-order valence-electron chi connectivity index (χ0n) is 15.7. The minimum absolute atomic E-state index is 0.00125. The van der Waals surface area contributed by atoms with Crippen molar-refractivity contribution in [1.29, 1.82) is 0 Å². The molecular weight excluding hydrogens is 348 g/mol. The number of benzene rings is 1. The summed E-state index contributed by atoms with van der Waals surface area (Å²) in [6.45, 7) is 6.59. The second-order valence-corrected chi connectivity index (χ2v) is 7.66. The number of rotatable bonds is 8. The summed E-state index contributed by atoms with van der Waals surface area (Å²) >= 11 is 1.55. The number of aromatic nitrogens is 1. The van der Waals surface area contributed by atoms with Gasteiger partial charge in [-0.25, -0.2) is 0 Å². The van der Waals surface area contributed by atoms with Crippen LogP contribution in [0.4, 0.5) is 0 Å². The Morgan fingerprint density at radius 2 is 2.08 bits per heavy atom. The molecule has 26 heavy (non-hydrogen) atoms. The van der Waals surface area contributed by atoms with Crippen LogP contribution in [-0.4, -0.2) is 30.3 Å². The zero-order valence-corrected chi connectivity index (χ0v) is 16.5. The van der Waals surface area contributed by atoms with Gasteiger partial charge in [0.05, 0.1) is 23.4 Å². The van der Waals surface area contributed by atoms with Crippen LogP contribution >= 0.6 is 11.3 Å². The van der Waals surface area contributed by atoms with Gasteiger partial charge in [-0.15, -0.1) is 0 Å². The summed E-state index contributed by atoms with van der Waals surface area (Å²) in [5.41, 5.74) is 1.07. The number of amides is 1. The molecule has 0 atom stereocenters. The highest BCUT2D eigenvalue weighted by molar-refractivity contribution is 7.16. The molecule has 0 aliphatic heterocycles. The van der Waals surface area contributed by atoms with Gasteiger partial charge in [0.1, 0.15) is 5.75 Å². The van der Waals surface area contributed by atoms with E-state index in [2.05, 4.69) is 9.56 Å². The van der Waals surface area contributed by atoms with E-state index < -0.39 is 0 Å². The summed E-state index contributed by atoms with van der Waals surface area (Å²) < 4.78 is 14.3. The van der Waals surface area contributed by atoms with E-state index in [1.165, 1.54) is 12.8 Å². The SMILES string of the molecule is CCOCCn1c(=NC(=O)CC2CCCC2)sc2cc(OCC)ccc21. The van der Waals surface area contributed by atoms with E-state index in [4.69, 9.17) is 9.47 Å². The number of ether oxygens (including phenoxy) is 2. The van der Waals surface area contributed by atoms with E-state index in [0.717, 1.165) is 33.6 Å². The smallest absolute Gasteiger partial charge is 0.248 e. The van der Waals surface area contributed by atoms with Crippen molar-refractivity contribution in [2.24, 2.45) is 10.9 Å². The van der Waals surface area contributed by atoms with Gasteiger partial charge in [-0.05, 0) is 50.8 Å². The van der Waals surface area contributed by atoms with Gasteiger partial charge in [0.25, 0.3) is 0 Å².